The number of amides is 1. The van der Waals surface area contributed by atoms with Crippen LogP contribution in [0.5, 0.6) is 0 Å². The maximum Gasteiger partial charge on any atom is 0.239 e. The molecule has 4 heteroatoms. The maximum absolute atomic E-state index is 12.0. The summed E-state index contributed by atoms with van der Waals surface area (Å²) in [5.74, 6) is 0.341. The fraction of sp³-hybridized carbons (Fsp3) is 0.471. The minimum atomic E-state index is 0.0381. The second kappa shape index (κ2) is 7.27. The highest BCUT2D eigenvalue weighted by atomic mass is 16.3. The molecule has 1 unspecified atom stereocenters. The van der Waals surface area contributed by atoms with E-state index in [1.165, 1.54) is 5.39 Å². The number of benzene rings is 1. The highest BCUT2D eigenvalue weighted by molar-refractivity contribution is 5.84. The van der Waals surface area contributed by atoms with E-state index in [1.54, 1.807) is 0 Å². The molecule has 4 nitrogen and oxygen atoms in total. The molecule has 0 radical (unpaired) electrons. The summed E-state index contributed by atoms with van der Waals surface area (Å²) in [4.78, 5) is 12.0. The molecule has 0 saturated heterocycles. The van der Waals surface area contributed by atoms with Crippen molar-refractivity contribution < 1.29 is 9.90 Å². The van der Waals surface area contributed by atoms with Crippen LogP contribution in [0.25, 0.3) is 10.9 Å². The first kappa shape index (κ1) is 15.6. The van der Waals surface area contributed by atoms with E-state index in [0.717, 1.165) is 24.1 Å². The number of aliphatic hydroxyl groups excluding tert-OH is 1. The molecule has 1 heterocycles. The molecule has 0 aliphatic rings. The number of aromatic nitrogens is 1. The Kier molecular flexibility index (Phi) is 5.39. The molecule has 0 spiro atoms. The van der Waals surface area contributed by atoms with Crippen LogP contribution in [0.2, 0.25) is 0 Å². The molecule has 2 rings (SSSR count). The predicted octanol–water partition coefficient (Wildman–Crippen LogP) is 2.47. The average molecular weight is 288 g/mol. The van der Waals surface area contributed by atoms with E-state index >= 15 is 0 Å². The van der Waals surface area contributed by atoms with E-state index in [2.05, 4.69) is 17.4 Å². The Labute approximate surface area is 125 Å². The molecule has 0 bridgehead atoms. The Morgan fingerprint density at radius 1 is 1.38 bits per heavy atom. The standard InChI is InChI=1S/C17H24N2O2/c1-13(12-20)6-5-9-18-17(21)11-19-14(2)10-15-7-3-4-8-16(15)19/h3-4,7-8,10,13,20H,5-6,9,11-12H2,1-2H3,(H,18,21). The predicted molar refractivity (Wildman–Crippen MR) is 85.2 cm³/mol. The molecule has 0 saturated carbocycles. The number of rotatable bonds is 7. The van der Waals surface area contributed by atoms with E-state index in [-0.39, 0.29) is 12.5 Å². The van der Waals surface area contributed by atoms with Crippen LogP contribution in [0.15, 0.2) is 30.3 Å². The van der Waals surface area contributed by atoms with Gasteiger partial charge in [-0.25, -0.2) is 0 Å². The van der Waals surface area contributed by atoms with Gasteiger partial charge in [0.05, 0.1) is 0 Å². The number of hydrogen-bond acceptors (Lipinski definition) is 2. The van der Waals surface area contributed by atoms with Gasteiger partial charge in [-0.05, 0) is 43.2 Å². The van der Waals surface area contributed by atoms with Crippen molar-refractivity contribution in [2.45, 2.75) is 33.2 Å². The Morgan fingerprint density at radius 3 is 2.90 bits per heavy atom. The van der Waals surface area contributed by atoms with Crippen molar-refractivity contribution in [3.63, 3.8) is 0 Å². The number of aliphatic hydroxyl groups is 1. The first-order chi connectivity index (χ1) is 10.1. The number of fused-ring (bicyclic) bond motifs is 1. The van der Waals surface area contributed by atoms with E-state index < -0.39 is 0 Å². The molecule has 114 valence electrons. The molecule has 0 fully saturated rings. The summed E-state index contributed by atoms with van der Waals surface area (Å²) in [6, 6.07) is 10.2. The molecule has 0 aliphatic heterocycles. The fourth-order valence-electron chi connectivity index (χ4n) is 2.53. The van der Waals surface area contributed by atoms with Crippen LogP contribution in [-0.2, 0) is 11.3 Å². The van der Waals surface area contributed by atoms with Crippen molar-refractivity contribution in [2.75, 3.05) is 13.2 Å². The summed E-state index contributed by atoms with van der Waals surface area (Å²) >= 11 is 0. The Hall–Kier alpha value is -1.81. The van der Waals surface area contributed by atoms with Gasteiger partial charge in [-0.2, -0.15) is 0 Å². The smallest absolute Gasteiger partial charge is 0.239 e. The minimum absolute atomic E-state index is 0.0381. The van der Waals surface area contributed by atoms with Gasteiger partial charge in [0.2, 0.25) is 5.91 Å². The largest absolute Gasteiger partial charge is 0.396 e. The van der Waals surface area contributed by atoms with Gasteiger partial charge in [0.1, 0.15) is 6.54 Å². The topological polar surface area (TPSA) is 54.3 Å². The van der Waals surface area contributed by atoms with Crippen molar-refractivity contribution >= 4 is 16.8 Å². The number of carbonyl (C=O) groups excluding carboxylic acids is 1. The average Bonchev–Trinajstić information content (AvgIpc) is 2.79. The third-order valence-electron chi connectivity index (χ3n) is 3.83. The molecule has 1 aromatic carbocycles. The Morgan fingerprint density at radius 2 is 2.14 bits per heavy atom. The van der Waals surface area contributed by atoms with Crippen molar-refractivity contribution in [3.05, 3.63) is 36.0 Å². The molecule has 1 aromatic heterocycles. The number of hydrogen-bond donors (Lipinski definition) is 2. The highest BCUT2D eigenvalue weighted by Crippen LogP contribution is 2.18. The lowest BCUT2D eigenvalue weighted by molar-refractivity contribution is -0.121. The molecule has 2 aromatic rings. The second-order valence-electron chi connectivity index (χ2n) is 5.71. The maximum atomic E-state index is 12.0. The lowest BCUT2D eigenvalue weighted by Gasteiger charge is -2.10. The summed E-state index contributed by atoms with van der Waals surface area (Å²) < 4.78 is 2.04. The Balaban J connectivity index is 1.88. The summed E-state index contributed by atoms with van der Waals surface area (Å²) in [7, 11) is 0. The van der Waals surface area contributed by atoms with Gasteiger partial charge in [-0.3, -0.25) is 4.79 Å². The number of nitrogens with one attached hydrogen (secondary N) is 1. The molecule has 1 amide bonds. The lowest BCUT2D eigenvalue weighted by Crippen LogP contribution is -2.29. The minimum Gasteiger partial charge on any atom is -0.396 e. The summed E-state index contributed by atoms with van der Waals surface area (Å²) in [6.45, 7) is 5.27. The highest BCUT2D eigenvalue weighted by Gasteiger charge is 2.09. The molecular formula is C17H24N2O2. The van der Waals surface area contributed by atoms with E-state index in [9.17, 15) is 4.79 Å². The zero-order valence-electron chi connectivity index (χ0n) is 12.8. The summed E-state index contributed by atoms with van der Waals surface area (Å²) in [6.07, 6.45) is 1.83. The number of aryl methyl sites for hydroxylation is 1. The van der Waals surface area contributed by atoms with Crippen LogP contribution in [0.4, 0.5) is 0 Å². The van der Waals surface area contributed by atoms with Gasteiger partial charge in [0.15, 0.2) is 0 Å². The van der Waals surface area contributed by atoms with Crippen LogP contribution in [0.1, 0.15) is 25.5 Å². The van der Waals surface area contributed by atoms with Gasteiger partial charge in [0.25, 0.3) is 0 Å². The Bertz CT molecular complexity index is 604. The normalized spacial score (nSPS) is 12.5. The summed E-state index contributed by atoms with van der Waals surface area (Å²) in [5, 5.41) is 13.1. The molecule has 2 N–H and O–H groups in total. The quantitative estimate of drug-likeness (QED) is 0.769. The van der Waals surface area contributed by atoms with Crippen LogP contribution in [-0.4, -0.2) is 28.7 Å². The lowest BCUT2D eigenvalue weighted by atomic mass is 10.1. The van der Waals surface area contributed by atoms with E-state index in [1.807, 2.05) is 36.6 Å². The first-order valence-electron chi connectivity index (χ1n) is 7.54. The van der Waals surface area contributed by atoms with Gasteiger partial charge >= 0.3 is 0 Å². The zero-order chi connectivity index (χ0) is 15.2. The van der Waals surface area contributed by atoms with Gasteiger partial charge in [-0.15, -0.1) is 0 Å². The van der Waals surface area contributed by atoms with Crippen molar-refractivity contribution in [2.24, 2.45) is 5.92 Å². The second-order valence-corrected chi connectivity index (χ2v) is 5.71. The van der Waals surface area contributed by atoms with Gasteiger partial charge in [0, 0.05) is 24.4 Å². The molecule has 0 aliphatic carbocycles. The molecular weight excluding hydrogens is 264 g/mol. The van der Waals surface area contributed by atoms with Crippen LogP contribution < -0.4 is 5.32 Å². The van der Waals surface area contributed by atoms with Crippen LogP contribution in [0, 0.1) is 12.8 Å². The molecule has 21 heavy (non-hydrogen) atoms. The van der Waals surface area contributed by atoms with Crippen LogP contribution >= 0.6 is 0 Å². The van der Waals surface area contributed by atoms with Crippen molar-refractivity contribution in [3.8, 4) is 0 Å². The van der Waals surface area contributed by atoms with Gasteiger partial charge < -0.3 is 15.0 Å². The van der Waals surface area contributed by atoms with Crippen molar-refractivity contribution in [1.82, 2.24) is 9.88 Å². The number of carbonyl (C=O) groups is 1. The number of para-hydroxylation sites is 1. The van der Waals surface area contributed by atoms with Crippen LogP contribution in [0.3, 0.4) is 0 Å². The summed E-state index contributed by atoms with van der Waals surface area (Å²) in [5.41, 5.74) is 2.19. The van der Waals surface area contributed by atoms with E-state index in [4.69, 9.17) is 5.11 Å². The molecule has 1 atom stereocenters. The van der Waals surface area contributed by atoms with Crippen molar-refractivity contribution in [1.29, 1.82) is 0 Å². The first-order valence-corrected chi connectivity index (χ1v) is 7.54. The monoisotopic (exact) mass is 288 g/mol. The third kappa shape index (κ3) is 4.08. The zero-order valence-corrected chi connectivity index (χ0v) is 12.8. The van der Waals surface area contributed by atoms with Gasteiger partial charge in [-0.1, -0.05) is 25.1 Å². The third-order valence-corrected chi connectivity index (χ3v) is 3.83. The SMILES string of the molecule is Cc1cc2ccccc2n1CC(=O)NCCCC(C)CO. The van der Waals surface area contributed by atoms with E-state index in [0.29, 0.717) is 19.0 Å². The number of nitrogens with zero attached hydrogens (tertiary/aromatic N) is 1. The fourth-order valence-corrected chi connectivity index (χ4v) is 2.53.